The summed E-state index contributed by atoms with van der Waals surface area (Å²) in [5, 5.41) is 4.54. The van der Waals surface area contributed by atoms with Crippen LogP contribution >= 0.6 is 23.4 Å². The number of carbonyl (C=O) groups is 1. The van der Waals surface area contributed by atoms with Crippen molar-refractivity contribution in [1.29, 1.82) is 0 Å². The Bertz CT molecular complexity index is 739. The number of carbonyl (C=O) groups excluding carboxylic acids is 1. The fraction of sp³-hybridized carbons (Fsp3) is 0.0588. The molecule has 0 fully saturated rings. The lowest BCUT2D eigenvalue weighted by Gasteiger charge is -2.01. The molecule has 5 heteroatoms. The predicted molar refractivity (Wildman–Crippen MR) is 90.1 cm³/mol. The SMILES string of the molecule is O=C1ON=C(CSc2ccccc2)C1=Cc1ccc(Cl)cc1. The maximum Gasteiger partial charge on any atom is 0.367 e. The van der Waals surface area contributed by atoms with Crippen LogP contribution in [0.3, 0.4) is 0 Å². The molecule has 0 N–H and O–H groups in total. The second kappa shape index (κ2) is 6.81. The molecule has 0 bridgehead atoms. The Morgan fingerprint density at radius 1 is 1.09 bits per heavy atom. The zero-order valence-electron chi connectivity index (χ0n) is 11.5. The van der Waals surface area contributed by atoms with E-state index in [2.05, 4.69) is 5.16 Å². The van der Waals surface area contributed by atoms with Gasteiger partial charge in [-0.2, -0.15) is 0 Å². The van der Waals surface area contributed by atoms with Gasteiger partial charge in [-0.25, -0.2) is 4.79 Å². The number of benzene rings is 2. The van der Waals surface area contributed by atoms with Crippen molar-refractivity contribution >= 4 is 41.1 Å². The molecule has 0 saturated heterocycles. The minimum atomic E-state index is -0.418. The average molecular weight is 330 g/mol. The summed E-state index contributed by atoms with van der Waals surface area (Å²) in [4.78, 5) is 17.8. The van der Waals surface area contributed by atoms with Crippen LogP contribution in [-0.2, 0) is 9.63 Å². The Kier molecular flexibility index (Phi) is 4.61. The molecule has 0 aliphatic carbocycles. The van der Waals surface area contributed by atoms with Crippen molar-refractivity contribution in [2.24, 2.45) is 5.16 Å². The van der Waals surface area contributed by atoms with Crippen LogP contribution in [0.15, 0.2) is 70.2 Å². The van der Waals surface area contributed by atoms with Crippen molar-refractivity contribution in [3.8, 4) is 0 Å². The summed E-state index contributed by atoms with van der Waals surface area (Å²) in [5.74, 6) is 0.161. The van der Waals surface area contributed by atoms with Crippen molar-refractivity contribution < 1.29 is 9.63 Å². The van der Waals surface area contributed by atoms with E-state index in [4.69, 9.17) is 16.4 Å². The Morgan fingerprint density at radius 2 is 1.82 bits per heavy atom. The predicted octanol–water partition coefficient (Wildman–Crippen LogP) is 4.43. The van der Waals surface area contributed by atoms with E-state index in [-0.39, 0.29) is 0 Å². The lowest BCUT2D eigenvalue weighted by atomic mass is 10.1. The van der Waals surface area contributed by atoms with Gasteiger partial charge in [-0.3, -0.25) is 0 Å². The largest absolute Gasteiger partial charge is 0.367 e. The van der Waals surface area contributed by atoms with Crippen LogP contribution in [0.1, 0.15) is 5.56 Å². The van der Waals surface area contributed by atoms with E-state index in [0.29, 0.717) is 22.1 Å². The third kappa shape index (κ3) is 3.59. The van der Waals surface area contributed by atoms with Crippen molar-refractivity contribution in [3.05, 3.63) is 70.8 Å². The zero-order chi connectivity index (χ0) is 15.4. The van der Waals surface area contributed by atoms with E-state index in [1.54, 1.807) is 30.0 Å². The van der Waals surface area contributed by atoms with Gasteiger partial charge in [0, 0.05) is 15.7 Å². The molecule has 2 aromatic rings. The van der Waals surface area contributed by atoms with E-state index in [9.17, 15) is 4.79 Å². The zero-order valence-corrected chi connectivity index (χ0v) is 13.1. The summed E-state index contributed by atoms with van der Waals surface area (Å²) in [6.45, 7) is 0. The Hall–Kier alpha value is -2.04. The van der Waals surface area contributed by atoms with Crippen LogP contribution in [0.5, 0.6) is 0 Å². The van der Waals surface area contributed by atoms with Crippen LogP contribution < -0.4 is 0 Å². The normalized spacial score (nSPS) is 15.8. The summed E-state index contributed by atoms with van der Waals surface area (Å²) in [6.07, 6.45) is 1.77. The van der Waals surface area contributed by atoms with E-state index in [0.717, 1.165) is 10.5 Å². The van der Waals surface area contributed by atoms with Gasteiger partial charge in [-0.1, -0.05) is 47.1 Å². The quantitative estimate of drug-likeness (QED) is 0.473. The molecular formula is C17H12ClNO2S. The van der Waals surface area contributed by atoms with Crippen LogP contribution in [0.2, 0.25) is 5.02 Å². The molecule has 0 amide bonds. The third-order valence-electron chi connectivity index (χ3n) is 3.07. The van der Waals surface area contributed by atoms with Crippen LogP contribution in [-0.4, -0.2) is 17.4 Å². The number of hydrogen-bond acceptors (Lipinski definition) is 4. The highest BCUT2D eigenvalue weighted by Crippen LogP contribution is 2.23. The standard InChI is InChI=1S/C17H12ClNO2S/c18-13-8-6-12(7-9-13)10-15-16(19-21-17(15)20)11-22-14-4-2-1-3-5-14/h1-10H,11H2. The summed E-state index contributed by atoms with van der Waals surface area (Å²) in [5.41, 5.74) is 2.02. The Labute approximate surface area is 137 Å². The van der Waals surface area contributed by atoms with Crippen molar-refractivity contribution in [1.82, 2.24) is 0 Å². The molecule has 3 nitrogen and oxygen atoms in total. The molecule has 0 atom stereocenters. The molecular weight excluding hydrogens is 318 g/mol. The fourth-order valence-electron chi connectivity index (χ4n) is 1.95. The monoisotopic (exact) mass is 329 g/mol. The minimum Gasteiger partial charge on any atom is -0.312 e. The van der Waals surface area contributed by atoms with Gasteiger partial charge in [0.2, 0.25) is 0 Å². The molecule has 0 radical (unpaired) electrons. The van der Waals surface area contributed by atoms with Gasteiger partial charge in [0.05, 0.1) is 5.57 Å². The fourth-order valence-corrected chi connectivity index (χ4v) is 2.94. The third-order valence-corrected chi connectivity index (χ3v) is 4.34. The molecule has 2 aromatic carbocycles. The second-order valence-corrected chi connectivity index (χ2v) is 6.11. The highest BCUT2D eigenvalue weighted by molar-refractivity contribution is 8.00. The number of oxime groups is 1. The van der Waals surface area contributed by atoms with Gasteiger partial charge in [-0.15, -0.1) is 11.8 Å². The number of nitrogens with zero attached hydrogens (tertiary/aromatic N) is 1. The molecule has 110 valence electrons. The van der Waals surface area contributed by atoms with E-state index in [1.807, 2.05) is 42.5 Å². The van der Waals surface area contributed by atoms with Crippen LogP contribution in [0.25, 0.3) is 6.08 Å². The number of rotatable bonds is 4. The maximum atomic E-state index is 11.8. The summed E-state index contributed by atoms with van der Waals surface area (Å²) < 4.78 is 0. The molecule has 0 unspecified atom stereocenters. The lowest BCUT2D eigenvalue weighted by Crippen LogP contribution is -2.07. The van der Waals surface area contributed by atoms with Gasteiger partial charge in [0.25, 0.3) is 0 Å². The molecule has 0 saturated carbocycles. The van der Waals surface area contributed by atoms with Crippen LogP contribution in [0.4, 0.5) is 0 Å². The number of thioether (sulfide) groups is 1. The molecule has 3 rings (SSSR count). The van der Waals surface area contributed by atoms with Gasteiger partial charge in [0.1, 0.15) is 5.71 Å². The van der Waals surface area contributed by atoms with Gasteiger partial charge in [-0.05, 0) is 35.9 Å². The Balaban J connectivity index is 1.76. The van der Waals surface area contributed by atoms with Gasteiger partial charge >= 0.3 is 5.97 Å². The highest BCUT2D eigenvalue weighted by Gasteiger charge is 2.25. The summed E-state index contributed by atoms with van der Waals surface area (Å²) in [6, 6.07) is 17.2. The lowest BCUT2D eigenvalue weighted by molar-refractivity contribution is -0.136. The summed E-state index contributed by atoms with van der Waals surface area (Å²) >= 11 is 7.48. The van der Waals surface area contributed by atoms with Crippen molar-refractivity contribution in [2.45, 2.75) is 4.90 Å². The molecule has 1 heterocycles. The molecule has 0 aromatic heterocycles. The first-order chi connectivity index (χ1) is 10.7. The highest BCUT2D eigenvalue weighted by atomic mass is 35.5. The van der Waals surface area contributed by atoms with Gasteiger partial charge in [0.15, 0.2) is 0 Å². The number of hydrogen-bond donors (Lipinski definition) is 0. The second-order valence-electron chi connectivity index (χ2n) is 4.63. The molecule has 0 spiro atoms. The van der Waals surface area contributed by atoms with Gasteiger partial charge < -0.3 is 4.84 Å². The van der Waals surface area contributed by atoms with Crippen molar-refractivity contribution in [3.63, 3.8) is 0 Å². The van der Waals surface area contributed by atoms with Crippen LogP contribution in [0, 0.1) is 0 Å². The first-order valence-electron chi connectivity index (χ1n) is 6.66. The maximum absolute atomic E-state index is 11.8. The first-order valence-corrected chi connectivity index (χ1v) is 8.02. The van der Waals surface area contributed by atoms with E-state index < -0.39 is 5.97 Å². The smallest absolute Gasteiger partial charge is 0.312 e. The average Bonchev–Trinajstić information content (AvgIpc) is 2.89. The molecule has 22 heavy (non-hydrogen) atoms. The number of halogens is 1. The first kappa shape index (κ1) is 14.9. The van der Waals surface area contributed by atoms with Crippen molar-refractivity contribution in [2.75, 3.05) is 5.75 Å². The molecule has 1 aliphatic rings. The van der Waals surface area contributed by atoms with E-state index >= 15 is 0 Å². The molecule has 1 aliphatic heterocycles. The summed E-state index contributed by atoms with van der Waals surface area (Å²) in [7, 11) is 0. The van der Waals surface area contributed by atoms with E-state index in [1.165, 1.54) is 0 Å². The topological polar surface area (TPSA) is 38.7 Å². The minimum absolute atomic E-state index is 0.418. The Morgan fingerprint density at radius 3 is 2.55 bits per heavy atom.